The maximum absolute atomic E-state index is 11.8. The van der Waals surface area contributed by atoms with Gasteiger partial charge in [-0.3, -0.25) is 9.59 Å². The summed E-state index contributed by atoms with van der Waals surface area (Å²) >= 11 is 0. The Labute approximate surface area is 139 Å². The Morgan fingerprint density at radius 1 is 1.12 bits per heavy atom. The first-order valence-electron chi connectivity index (χ1n) is 7.57. The summed E-state index contributed by atoms with van der Waals surface area (Å²) in [5, 5.41) is 9.71. The number of carbonyl (C=O) groups excluding carboxylic acids is 1. The highest BCUT2D eigenvalue weighted by Crippen LogP contribution is 2.27. The Balaban J connectivity index is 1.93. The molecule has 0 aliphatic rings. The van der Waals surface area contributed by atoms with Crippen molar-refractivity contribution in [1.82, 2.24) is 4.57 Å². The molecule has 0 bridgehead atoms. The number of benzene rings is 2. The van der Waals surface area contributed by atoms with E-state index < -0.39 is 5.97 Å². The van der Waals surface area contributed by atoms with Gasteiger partial charge in [0.25, 0.3) is 0 Å². The van der Waals surface area contributed by atoms with Gasteiger partial charge in [0.2, 0.25) is 0 Å². The predicted molar refractivity (Wildman–Crippen MR) is 90.4 cm³/mol. The van der Waals surface area contributed by atoms with Crippen molar-refractivity contribution >= 4 is 22.7 Å². The first-order valence-corrected chi connectivity index (χ1v) is 7.57. The van der Waals surface area contributed by atoms with E-state index in [2.05, 4.69) is 0 Å². The van der Waals surface area contributed by atoms with Crippen LogP contribution in [0.1, 0.15) is 22.8 Å². The lowest BCUT2D eigenvalue weighted by Gasteiger charge is -2.07. The Hall–Kier alpha value is -3.08. The van der Waals surface area contributed by atoms with Crippen LogP contribution in [-0.2, 0) is 17.9 Å². The number of aliphatic carboxylic acids is 1. The van der Waals surface area contributed by atoms with Gasteiger partial charge in [-0.1, -0.05) is 30.3 Å². The van der Waals surface area contributed by atoms with Crippen LogP contribution in [0.2, 0.25) is 0 Å². The topological polar surface area (TPSA) is 68.5 Å². The van der Waals surface area contributed by atoms with Crippen LogP contribution in [-0.4, -0.2) is 21.4 Å². The summed E-state index contributed by atoms with van der Waals surface area (Å²) in [4.78, 5) is 22.8. The largest absolute Gasteiger partial charge is 0.489 e. The van der Waals surface area contributed by atoms with Gasteiger partial charge in [0.1, 0.15) is 18.9 Å². The van der Waals surface area contributed by atoms with Crippen molar-refractivity contribution in [2.75, 3.05) is 0 Å². The van der Waals surface area contributed by atoms with E-state index in [1.165, 1.54) is 6.92 Å². The zero-order valence-corrected chi connectivity index (χ0v) is 13.2. The highest BCUT2D eigenvalue weighted by Gasteiger charge is 2.14. The molecule has 0 radical (unpaired) electrons. The normalized spacial score (nSPS) is 10.7. The molecule has 0 amide bonds. The number of rotatable bonds is 6. The first-order chi connectivity index (χ1) is 11.5. The average molecular weight is 323 g/mol. The number of nitrogens with zero attached hydrogens (tertiary/aromatic N) is 1. The second-order valence-electron chi connectivity index (χ2n) is 5.57. The molecule has 122 valence electrons. The summed E-state index contributed by atoms with van der Waals surface area (Å²) in [7, 11) is 0. The van der Waals surface area contributed by atoms with E-state index in [4.69, 9.17) is 9.84 Å². The third-order valence-corrected chi connectivity index (χ3v) is 3.79. The monoisotopic (exact) mass is 323 g/mol. The lowest BCUT2D eigenvalue weighted by Crippen LogP contribution is -2.07. The fourth-order valence-electron chi connectivity index (χ4n) is 2.66. The molecule has 2 aromatic carbocycles. The molecule has 0 fully saturated rings. The number of hydrogen-bond donors (Lipinski definition) is 1. The van der Waals surface area contributed by atoms with Gasteiger partial charge in [-0.15, -0.1) is 0 Å². The maximum atomic E-state index is 11.8. The van der Waals surface area contributed by atoms with Crippen molar-refractivity contribution in [3.8, 4) is 5.75 Å². The molecule has 5 nitrogen and oxygen atoms in total. The number of ketones is 1. The molecule has 0 spiro atoms. The van der Waals surface area contributed by atoms with Crippen LogP contribution < -0.4 is 4.74 Å². The van der Waals surface area contributed by atoms with Crippen molar-refractivity contribution in [3.05, 3.63) is 65.9 Å². The minimum atomic E-state index is -0.952. The van der Waals surface area contributed by atoms with E-state index in [9.17, 15) is 9.59 Å². The Bertz CT molecular complexity index is 896. The predicted octanol–water partition coefficient (Wildman–Crippen LogP) is 3.51. The number of aromatic nitrogens is 1. The van der Waals surface area contributed by atoms with Crippen LogP contribution in [0, 0.1) is 0 Å². The van der Waals surface area contributed by atoms with E-state index in [1.54, 1.807) is 29.0 Å². The molecule has 3 rings (SSSR count). The maximum Gasteiger partial charge on any atom is 0.323 e. The van der Waals surface area contributed by atoms with Crippen LogP contribution in [0.25, 0.3) is 10.9 Å². The van der Waals surface area contributed by atoms with Gasteiger partial charge in [-0.05, 0) is 30.7 Å². The zero-order chi connectivity index (χ0) is 17.1. The molecular weight excluding hydrogens is 306 g/mol. The van der Waals surface area contributed by atoms with Gasteiger partial charge in [0.05, 0.1) is 0 Å². The van der Waals surface area contributed by atoms with Gasteiger partial charge in [0, 0.05) is 22.7 Å². The molecule has 5 heteroatoms. The molecule has 1 aromatic heterocycles. The summed E-state index contributed by atoms with van der Waals surface area (Å²) < 4.78 is 7.35. The second-order valence-corrected chi connectivity index (χ2v) is 5.57. The van der Waals surface area contributed by atoms with Crippen LogP contribution in [0.3, 0.4) is 0 Å². The zero-order valence-electron chi connectivity index (χ0n) is 13.2. The summed E-state index contributed by atoms with van der Waals surface area (Å²) in [5.74, 6) is -0.419. The fraction of sp³-hybridized carbons (Fsp3) is 0.158. The first kappa shape index (κ1) is 15.8. The van der Waals surface area contributed by atoms with Crippen molar-refractivity contribution in [3.63, 3.8) is 0 Å². The third kappa shape index (κ3) is 3.30. The number of Topliss-reactive ketones (excluding diaryl/α,β-unsaturated/α-hetero) is 1. The van der Waals surface area contributed by atoms with E-state index in [0.29, 0.717) is 28.8 Å². The van der Waals surface area contributed by atoms with Crippen molar-refractivity contribution in [2.45, 2.75) is 20.1 Å². The van der Waals surface area contributed by atoms with Crippen molar-refractivity contribution < 1.29 is 19.4 Å². The Morgan fingerprint density at radius 3 is 2.54 bits per heavy atom. The SMILES string of the molecule is CC(=O)c1cn(CC(=O)O)c2ccc(OCc3ccccc3)cc12. The van der Waals surface area contributed by atoms with Crippen LogP contribution in [0.15, 0.2) is 54.7 Å². The Kier molecular flexibility index (Phi) is 4.33. The van der Waals surface area contributed by atoms with Gasteiger partial charge >= 0.3 is 5.97 Å². The van der Waals surface area contributed by atoms with Gasteiger partial charge < -0.3 is 14.4 Å². The molecule has 0 aliphatic carbocycles. The second kappa shape index (κ2) is 6.58. The van der Waals surface area contributed by atoms with Crippen molar-refractivity contribution in [2.24, 2.45) is 0 Å². The smallest absolute Gasteiger partial charge is 0.323 e. The number of carboxylic acids is 1. The number of carboxylic acid groups (broad SMARTS) is 1. The average Bonchev–Trinajstić information content (AvgIpc) is 2.91. The number of fused-ring (bicyclic) bond motifs is 1. The molecule has 0 atom stereocenters. The molecule has 3 aromatic rings. The quantitative estimate of drug-likeness (QED) is 0.705. The molecule has 0 saturated carbocycles. The molecule has 1 heterocycles. The molecule has 0 saturated heterocycles. The van der Waals surface area contributed by atoms with E-state index in [-0.39, 0.29) is 12.3 Å². The molecule has 24 heavy (non-hydrogen) atoms. The Morgan fingerprint density at radius 2 is 1.88 bits per heavy atom. The number of ether oxygens (including phenoxy) is 1. The van der Waals surface area contributed by atoms with E-state index in [0.717, 1.165) is 5.56 Å². The van der Waals surface area contributed by atoms with E-state index >= 15 is 0 Å². The summed E-state index contributed by atoms with van der Waals surface area (Å²) in [5.41, 5.74) is 2.25. The highest BCUT2D eigenvalue weighted by molar-refractivity contribution is 6.07. The number of hydrogen-bond acceptors (Lipinski definition) is 3. The summed E-state index contributed by atoms with van der Waals surface area (Å²) in [6.45, 7) is 1.71. The molecule has 1 N–H and O–H groups in total. The standard InChI is InChI=1S/C19H17NO4/c1-13(21)17-10-20(11-19(22)23)18-8-7-15(9-16(17)18)24-12-14-5-3-2-4-6-14/h2-10H,11-12H2,1H3,(H,22,23). The van der Waals surface area contributed by atoms with Crippen LogP contribution >= 0.6 is 0 Å². The highest BCUT2D eigenvalue weighted by atomic mass is 16.5. The third-order valence-electron chi connectivity index (χ3n) is 3.79. The molecule has 0 unspecified atom stereocenters. The minimum Gasteiger partial charge on any atom is -0.489 e. The van der Waals surface area contributed by atoms with Gasteiger partial charge in [-0.25, -0.2) is 0 Å². The minimum absolute atomic E-state index is 0.107. The summed E-state index contributed by atoms with van der Waals surface area (Å²) in [6, 6.07) is 15.1. The van der Waals surface area contributed by atoms with Crippen LogP contribution in [0.5, 0.6) is 5.75 Å². The van der Waals surface area contributed by atoms with E-state index in [1.807, 2.05) is 30.3 Å². The lowest BCUT2D eigenvalue weighted by atomic mass is 10.1. The molecular formula is C19H17NO4. The lowest BCUT2D eigenvalue weighted by molar-refractivity contribution is -0.137. The summed E-state index contributed by atoms with van der Waals surface area (Å²) in [6.07, 6.45) is 1.59. The fourth-order valence-corrected chi connectivity index (χ4v) is 2.66. The van der Waals surface area contributed by atoms with Gasteiger partial charge in [-0.2, -0.15) is 0 Å². The molecule has 0 aliphatic heterocycles. The van der Waals surface area contributed by atoms with Crippen LogP contribution in [0.4, 0.5) is 0 Å². The van der Waals surface area contributed by atoms with Crippen molar-refractivity contribution in [1.29, 1.82) is 0 Å². The van der Waals surface area contributed by atoms with Gasteiger partial charge in [0.15, 0.2) is 5.78 Å². The number of carbonyl (C=O) groups is 2.